The van der Waals surface area contributed by atoms with Gasteiger partial charge < -0.3 is 10.4 Å². The zero-order chi connectivity index (χ0) is 12.4. The molecule has 1 aromatic carbocycles. The molecule has 0 atom stereocenters. The normalized spacial score (nSPS) is 16.8. The molecule has 0 saturated carbocycles. The lowest BCUT2D eigenvalue weighted by Crippen LogP contribution is -2.21. The SMILES string of the molecule is O=C1NC(=S)NC1=Cc1ccc(C(=O)O)cc1. The van der Waals surface area contributed by atoms with Crippen LogP contribution >= 0.6 is 12.2 Å². The number of carbonyl (C=O) groups is 2. The lowest BCUT2D eigenvalue weighted by atomic mass is 10.1. The van der Waals surface area contributed by atoms with E-state index in [4.69, 9.17) is 17.3 Å². The molecule has 1 amide bonds. The van der Waals surface area contributed by atoms with Crippen LogP contribution in [0.15, 0.2) is 30.0 Å². The number of amides is 1. The van der Waals surface area contributed by atoms with Crippen LogP contribution in [0.3, 0.4) is 0 Å². The summed E-state index contributed by atoms with van der Waals surface area (Å²) in [5.41, 5.74) is 1.27. The maximum atomic E-state index is 11.3. The van der Waals surface area contributed by atoms with Crippen molar-refractivity contribution in [3.63, 3.8) is 0 Å². The van der Waals surface area contributed by atoms with E-state index in [9.17, 15) is 9.59 Å². The first kappa shape index (κ1) is 11.3. The zero-order valence-electron chi connectivity index (χ0n) is 8.56. The van der Waals surface area contributed by atoms with E-state index in [-0.39, 0.29) is 16.6 Å². The summed E-state index contributed by atoms with van der Waals surface area (Å²) in [5, 5.41) is 14.1. The van der Waals surface area contributed by atoms with E-state index in [0.717, 1.165) is 5.56 Å². The Bertz CT molecular complexity index is 534. The first-order valence-electron chi connectivity index (χ1n) is 4.73. The third-order valence-electron chi connectivity index (χ3n) is 2.19. The van der Waals surface area contributed by atoms with Crippen molar-refractivity contribution in [1.82, 2.24) is 10.6 Å². The predicted octanol–water partition coefficient (Wildman–Crippen LogP) is 0.730. The standard InChI is InChI=1S/C11H8N2O3S/c14-9-8(12-11(17)13-9)5-6-1-3-7(4-2-6)10(15)16/h1-5H,(H,15,16)(H2,12,13,14,17). The van der Waals surface area contributed by atoms with Crippen LogP contribution in [0.4, 0.5) is 0 Å². The van der Waals surface area contributed by atoms with Gasteiger partial charge in [-0.15, -0.1) is 0 Å². The van der Waals surface area contributed by atoms with Gasteiger partial charge in [-0.05, 0) is 36.0 Å². The molecule has 6 heteroatoms. The number of thiocarbonyl (C=S) groups is 1. The average Bonchev–Trinajstić information content (AvgIpc) is 2.58. The molecule has 0 unspecified atom stereocenters. The largest absolute Gasteiger partial charge is 0.478 e. The fourth-order valence-corrected chi connectivity index (χ4v) is 1.57. The Balaban J connectivity index is 2.24. The minimum Gasteiger partial charge on any atom is -0.478 e. The summed E-state index contributed by atoms with van der Waals surface area (Å²) in [6.45, 7) is 0. The Kier molecular flexibility index (Phi) is 2.88. The van der Waals surface area contributed by atoms with Crippen LogP contribution in [-0.4, -0.2) is 22.1 Å². The number of rotatable bonds is 2. The molecule has 17 heavy (non-hydrogen) atoms. The number of aromatic carboxylic acids is 1. The summed E-state index contributed by atoms with van der Waals surface area (Å²) in [6.07, 6.45) is 1.60. The number of benzene rings is 1. The zero-order valence-corrected chi connectivity index (χ0v) is 9.38. The predicted molar refractivity (Wildman–Crippen MR) is 65.3 cm³/mol. The minimum absolute atomic E-state index is 0.200. The number of nitrogens with one attached hydrogen (secondary N) is 2. The second kappa shape index (κ2) is 4.34. The van der Waals surface area contributed by atoms with Crippen molar-refractivity contribution >= 4 is 35.3 Å². The molecular weight excluding hydrogens is 240 g/mol. The van der Waals surface area contributed by atoms with Crippen molar-refractivity contribution in [3.05, 3.63) is 41.1 Å². The molecule has 86 valence electrons. The Morgan fingerprint density at radius 1 is 1.24 bits per heavy atom. The van der Waals surface area contributed by atoms with Crippen molar-refractivity contribution in [2.24, 2.45) is 0 Å². The van der Waals surface area contributed by atoms with Gasteiger partial charge in [-0.25, -0.2) is 4.79 Å². The Morgan fingerprint density at radius 3 is 2.35 bits per heavy atom. The lowest BCUT2D eigenvalue weighted by molar-refractivity contribution is -0.115. The van der Waals surface area contributed by atoms with Crippen LogP contribution in [0.25, 0.3) is 6.08 Å². The number of hydrogen-bond donors (Lipinski definition) is 3. The smallest absolute Gasteiger partial charge is 0.335 e. The molecular formula is C11H8N2O3S. The highest BCUT2D eigenvalue weighted by Gasteiger charge is 2.19. The molecule has 5 nitrogen and oxygen atoms in total. The topological polar surface area (TPSA) is 78.4 Å². The van der Waals surface area contributed by atoms with Crippen LogP contribution in [0, 0.1) is 0 Å². The van der Waals surface area contributed by atoms with Gasteiger partial charge in [0.2, 0.25) is 0 Å². The summed E-state index contributed by atoms with van der Waals surface area (Å²) in [6, 6.07) is 6.18. The van der Waals surface area contributed by atoms with Crippen LogP contribution in [-0.2, 0) is 4.79 Å². The molecule has 3 N–H and O–H groups in total. The molecule has 0 radical (unpaired) electrons. The van der Waals surface area contributed by atoms with Crippen molar-refractivity contribution < 1.29 is 14.7 Å². The third-order valence-corrected chi connectivity index (χ3v) is 2.39. The van der Waals surface area contributed by atoms with Crippen LogP contribution in [0.5, 0.6) is 0 Å². The van der Waals surface area contributed by atoms with Gasteiger partial charge in [0, 0.05) is 0 Å². The third kappa shape index (κ3) is 2.48. The maximum Gasteiger partial charge on any atom is 0.335 e. The van der Waals surface area contributed by atoms with Crippen molar-refractivity contribution in [3.8, 4) is 0 Å². The van der Waals surface area contributed by atoms with Gasteiger partial charge in [-0.2, -0.15) is 0 Å². The summed E-state index contributed by atoms with van der Waals surface area (Å²) < 4.78 is 0. The maximum absolute atomic E-state index is 11.3. The van der Waals surface area contributed by atoms with Crippen LogP contribution < -0.4 is 10.6 Å². The molecule has 1 aliphatic heterocycles. The second-order valence-electron chi connectivity index (χ2n) is 3.39. The van der Waals surface area contributed by atoms with E-state index in [2.05, 4.69) is 10.6 Å². The van der Waals surface area contributed by atoms with Crippen LogP contribution in [0.2, 0.25) is 0 Å². The van der Waals surface area contributed by atoms with Gasteiger partial charge in [0.1, 0.15) is 5.70 Å². The quantitative estimate of drug-likeness (QED) is 0.531. The van der Waals surface area contributed by atoms with Gasteiger partial charge in [0.05, 0.1) is 5.56 Å². The van der Waals surface area contributed by atoms with Crippen molar-refractivity contribution in [1.29, 1.82) is 0 Å². The Labute approximate surface area is 102 Å². The molecule has 2 rings (SSSR count). The van der Waals surface area contributed by atoms with E-state index in [1.807, 2.05) is 0 Å². The summed E-state index contributed by atoms with van der Waals surface area (Å²) in [7, 11) is 0. The molecule has 0 bridgehead atoms. The van der Waals surface area contributed by atoms with E-state index in [0.29, 0.717) is 5.70 Å². The first-order valence-corrected chi connectivity index (χ1v) is 5.14. The summed E-state index contributed by atoms with van der Waals surface area (Å²) >= 11 is 4.78. The van der Waals surface area contributed by atoms with Gasteiger partial charge >= 0.3 is 5.97 Å². The van der Waals surface area contributed by atoms with E-state index < -0.39 is 5.97 Å². The highest BCUT2D eigenvalue weighted by Crippen LogP contribution is 2.10. The monoisotopic (exact) mass is 248 g/mol. The molecule has 1 fully saturated rings. The lowest BCUT2D eigenvalue weighted by Gasteiger charge is -1.97. The average molecular weight is 248 g/mol. The van der Waals surface area contributed by atoms with Crippen molar-refractivity contribution in [2.75, 3.05) is 0 Å². The Morgan fingerprint density at radius 2 is 1.88 bits per heavy atom. The molecule has 0 aliphatic carbocycles. The molecule has 1 aliphatic rings. The number of carbonyl (C=O) groups excluding carboxylic acids is 1. The molecule has 0 spiro atoms. The molecule has 1 saturated heterocycles. The van der Waals surface area contributed by atoms with E-state index >= 15 is 0 Å². The molecule has 0 aromatic heterocycles. The van der Waals surface area contributed by atoms with Gasteiger partial charge in [-0.3, -0.25) is 10.1 Å². The highest BCUT2D eigenvalue weighted by atomic mass is 32.1. The summed E-state index contributed by atoms with van der Waals surface area (Å²) in [5.74, 6) is -1.28. The fraction of sp³-hybridized carbons (Fsp3) is 0. The number of carboxylic acids is 1. The van der Waals surface area contributed by atoms with E-state index in [1.54, 1.807) is 18.2 Å². The van der Waals surface area contributed by atoms with E-state index in [1.165, 1.54) is 12.1 Å². The van der Waals surface area contributed by atoms with Crippen LogP contribution in [0.1, 0.15) is 15.9 Å². The van der Waals surface area contributed by atoms with Gasteiger partial charge in [-0.1, -0.05) is 12.1 Å². The first-order chi connectivity index (χ1) is 8.06. The second-order valence-corrected chi connectivity index (χ2v) is 3.80. The number of carboxylic acid groups (broad SMARTS) is 1. The minimum atomic E-state index is -0.984. The van der Waals surface area contributed by atoms with Crippen molar-refractivity contribution in [2.45, 2.75) is 0 Å². The van der Waals surface area contributed by atoms with Gasteiger partial charge in [0.25, 0.3) is 5.91 Å². The molecule has 1 heterocycles. The highest BCUT2D eigenvalue weighted by molar-refractivity contribution is 7.80. The van der Waals surface area contributed by atoms with Gasteiger partial charge in [0.15, 0.2) is 5.11 Å². The fourth-order valence-electron chi connectivity index (χ4n) is 1.37. The Hall–Kier alpha value is -2.21. The molecule has 1 aromatic rings. The summed E-state index contributed by atoms with van der Waals surface area (Å²) in [4.78, 5) is 22.0. The number of hydrogen-bond acceptors (Lipinski definition) is 3.